The summed E-state index contributed by atoms with van der Waals surface area (Å²) in [5, 5.41) is 0. The molecule has 0 spiro atoms. The standard InChI is InChI=1S/C20H23N2O.CH4O4S/c1-21(18-10-6-4-7-11-18)16-14-20(23-3)15-17-22(2)19-12-8-5-9-13-19;1-5-6(2,3)4/h4-17H,1-3H3;1H3,(H,2,3,4)/q+1;/p-1. The molecule has 2 rings (SSSR count). The van der Waals surface area contributed by atoms with Crippen molar-refractivity contribution in [3.63, 3.8) is 0 Å². The molecule has 2 aromatic rings. The Bertz CT molecular complexity index is 924. The minimum absolute atomic E-state index is 0.788. The predicted octanol–water partition coefficient (Wildman–Crippen LogP) is 3.30. The van der Waals surface area contributed by atoms with Gasteiger partial charge in [-0.25, -0.2) is 13.0 Å². The van der Waals surface area contributed by atoms with Crippen molar-refractivity contribution in [2.45, 2.75) is 0 Å². The summed E-state index contributed by atoms with van der Waals surface area (Å²) in [6, 6.07) is 20.4. The van der Waals surface area contributed by atoms with E-state index in [4.69, 9.17) is 4.74 Å². The van der Waals surface area contributed by atoms with E-state index in [1.807, 2.05) is 84.5 Å². The first-order chi connectivity index (χ1) is 13.8. The highest BCUT2D eigenvalue weighted by Crippen LogP contribution is 2.12. The molecule has 2 aromatic carbocycles. The van der Waals surface area contributed by atoms with Crippen LogP contribution in [0.15, 0.2) is 84.8 Å². The van der Waals surface area contributed by atoms with Gasteiger partial charge in [0.2, 0.25) is 16.1 Å². The fourth-order valence-corrected chi connectivity index (χ4v) is 2.06. The van der Waals surface area contributed by atoms with Crippen LogP contribution in [-0.2, 0) is 19.3 Å². The second kappa shape index (κ2) is 12.5. The summed E-state index contributed by atoms with van der Waals surface area (Å²) < 4.78 is 38.5. The minimum atomic E-state index is -4.41. The normalized spacial score (nSPS) is 12.3. The van der Waals surface area contributed by atoms with Crippen molar-refractivity contribution in [1.82, 2.24) is 0 Å². The fraction of sp³-hybridized carbons (Fsp3) is 0.190. The van der Waals surface area contributed by atoms with Gasteiger partial charge in [-0.05, 0) is 18.2 Å². The zero-order chi connectivity index (χ0) is 21.7. The second-order valence-corrected chi connectivity index (χ2v) is 6.86. The molecule has 0 radical (unpaired) electrons. The van der Waals surface area contributed by atoms with Gasteiger partial charge in [-0.3, -0.25) is 4.18 Å². The molecule has 0 saturated carbocycles. The van der Waals surface area contributed by atoms with Crippen molar-refractivity contribution in [2.24, 2.45) is 0 Å². The lowest BCUT2D eigenvalue weighted by Crippen LogP contribution is -2.07. The minimum Gasteiger partial charge on any atom is -0.726 e. The molecule has 0 saturated heterocycles. The number of hydrogen-bond donors (Lipinski definition) is 0. The van der Waals surface area contributed by atoms with E-state index in [0.717, 1.165) is 24.2 Å². The van der Waals surface area contributed by atoms with Crippen LogP contribution in [0.3, 0.4) is 0 Å². The van der Waals surface area contributed by atoms with Gasteiger partial charge in [-0.15, -0.1) is 0 Å². The molecule has 7 nitrogen and oxygen atoms in total. The SMILES string of the molecule is COC(/C=C/N(C)c1ccccc1)=C/C=[N+](C)c1ccccc1.COS(=O)(=O)[O-]. The first kappa shape index (κ1) is 24.1. The van der Waals surface area contributed by atoms with E-state index in [1.165, 1.54) is 0 Å². The van der Waals surface area contributed by atoms with Crippen LogP contribution in [0.5, 0.6) is 0 Å². The van der Waals surface area contributed by atoms with Gasteiger partial charge in [0.05, 0.1) is 14.2 Å². The molecule has 0 aromatic heterocycles. The van der Waals surface area contributed by atoms with Gasteiger partial charge in [-0.2, -0.15) is 0 Å². The maximum atomic E-state index is 9.22. The Labute approximate surface area is 172 Å². The molecule has 0 fully saturated rings. The molecular formula is C21H26N2O5S. The molecular weight excluding hydrogens is 392 g/mol. The van der Waals surface area contributed by atoms with Gasteiger partial charge in [0.25, 0.3) is 0 Å². The van der Waals surface area contributed by atoms with Crippen molar-refractivity contribution < 1.29 is 26.5 Å². The lowest BCUT2D eigenvalue weighted by Gasteiger charge is -2.13. The molecule has 0 aliphatic carbocycles. The van der Waals surface area contributed by atoms with Crippen LogP contribution >= 0.6 is 0 Å². The molecule has 0 unspecified atom stereocenters. The number of ether oxygens (including phenoxy) is 1. The maximum Gasteiger partial charge on any atom is 0.217 e. The molecule has 156 valence electrons. The number of nitrogens with zero attached hydrogens (tertiary/aromatic N) is 2. The van der Waals surface area contributed by atoms with E-state index in [0.29, 0.717) is 0 Å². The fourth-order valence-electron chi connectivity index (χ4n) is 2.06. The maximum absolute atomic E-state index is 9.22. The number of rotatable bonds is 7. The molecule has 0 aliphatic heterocycles. The van der Waals surface area contributed by atoms with Crippen LogP contribution in [0.4, 0.5) is 11.4 Å². The van der Waals surface area contributed by atoms with E-state index < -0.39 is 10.4 Å². The van der Waals surface area contributed by atoms with Gasteiger partial charge in [-0.1, -0.05) is 36.4 Å². The van der Waals surface area contributed by atoms with Crippen LogP contribution in [0.1, 0.15) is 0 Å². The van der Waals surface area contributed by atoms with E-state index in [2.05, 4.69) is 28.4 Å². The first-order valence-electron chi connectivity index (χ1n) is 8.61. The number of anilines is 1. The van der Waals surface area contributed by atoms with Crippen LogP contribution < -0.4 is 4.90 Å². The Balaban J connectivity index is 0.000000612. The lowest BCUT2D eigenvalue weighted by molar-refractivity contribution is -0.398. The van der Waals surface area contributed by atoms with Crippen molar-refractivity contribution >= 4 is 28.0 Å². The predicted molar refractivity (Wildman–Crippen MR) is 114 cm³/mol. The van der Waals surface area contributed by atoms with Crippen LogP contribution in [0.25, 0.3) is 0 Å². The van der Waals surface area contributed by atoms with E-state index >= 15 is 0 Å². The van der Waals surface area contributed by atoms with Gasteiger partial charge >= 0.3 is 0 Å². The highest BCUT2D eigenvalue weighted by atomic mass is 32.3. The summed E-state index contributed by atoms with van der Waals surface area (Å²) in [5.74, 6) is 0.788. The topological polar surface area (TPSA) is 81.9 Å². The molecule has 0 aliphatic rings. The number of allylic oxidation sites excluding steroid dienone is 2. The molecule has 0 atom stereocenters. The average molecular weight is 419 g/mol. The van der Waals surface area contributed by atoms with E-state index in [1.54, 1.807) is 7.11 Å². The van der Waals surface area contributed by atoms with E-state index in [9.17, 15) is 13.0 Å². The molecule has 0 heterocycles. The number of hydrogen-bond acceptors (Lipinski definition) is 6. The highest BCUT2D eigenvalue weighted by molar-refractivity contribution is 7.80. The Kier molecular flexibility index (Phi) is 10.4. The van der Waals surface area contributed by atoms with Crippen molar-refractivity contribution in [3.05, 3.63) is 84.8 Å². The van der Waals surface area contributed by atoms with Crippen molar-refractivity contribution in [2.75, 3.05) is 33.2 Å². The first-order valence-corrected chi connectivity index (χ1v) is 9.94. The third kappa shape index (κ3) is 10.2. The van der Waals surface area contributed by atoms with Gasteiger partial charge in [0.1, 0.15) is 12.8 Å². The number of benzene rings is 2. The highest BCUT2D eigenvalue weighted by Gasteiger charge is 2.00. The zero-order valence-electron chi connectivity index (χ0n) is 16.9. The molecule has 0 N–H and O–H groups in total. The summed E-state index contributed by atoms with van der Waals surface area (Å²) in [5.41, 5.74) is 2.26. The van der Waals surface area contributed by atoms with Crippen LogP contribution in [-0.4, -0.2) is 52.1 Å². The monoisotopic (exact) mass is 418 g/mol. The summed E-state index contributed by atoms with van der Waals surface area (Å²) in [7, 11) is 2.10. The van der Waals surface area contributed by atoms with Gasteiger partial charge in [0.15, 0.2) is 6.21 Å². The summed E-state index contributed by atoms with van der Waals surface area (Å²) >= 11 is 0. The summed E-state index contributed by atoms with van der Waals surface area (Å²) in [4.78, 5) is 2.05. The lowest BCUT2D eigenvalue weighted by atomic mass is 10.3. The Morgan fingerprint density at radius 1 is 1.03 bits per heavy atom. The second-order valence-electron chi connectivity index (χ2n) is 5.71. The van der Waals surface area contributed by atoms with Gasteiger partial charge < -0.3 is 14.2 Å². The number of methoxy groups -OCH3 is 1. The molecule has 0 bridgehead atoms. The molecule has 0 amide bonds. The third-order valence-corrected chi connectivity index (χ3v) is 4.10. The third-order valence-electron chi connectivity index (χ3n) is 3.69. The van der Waals surface area contributed by atoms with Gasteiger partial charge in [0, 0.05) is 37.1 Å². The van der Waals surface area contributed by atoms with Crippen LogP contribution in [0.2, 0.25) is 0 Å². The largest absolute Gasteiger partial charge is 0.726 e. The van der Waals surface area contributed by atoms with Crippen LogP contribution in [0, 0.1) is 0 Å². The Morgan fingerprint density at radius 3 is 2.03 bits per heavy atom. The van der Waals surface area contributed by atoms with E-state index in [-0.39, 0.29) is 0 Å². The smallest absolute Gasteiger partial charge is 0.217 e. The Hall–Kier alpha value is -2.94. The van der Waals surface area contributed by atoms with Crippen molar-refractivity contribution in [3.8, 4) is 0 Å². The molecule has 8 heteroatoms. The quantitative estimate of drug-likeness (QED) is 0.171. The van der Waals surface area contributed by atoms with Crippen molar-refractivity contribution in [1.29, 1.82) is 0 Å². The Morgan fingerprint density at radius 2 is 1.55 bits per heavy atom. The summed E-state index contributed by atoms with van der Waals surface area (Å²) in [6.07, 6.45) is 7.87. The number of para-hydroxylation sites is 2. The summed E-state index contributed by atoms with van der Waals surface area (Å²) in [6.45, 7) is 0. The zero-order valence-corrected chi connectivity index (χ0v) is 17.7. The molecule has 29 heavy (non-hydrogen) atoms. The average Bonchev–Trinajstić information content (AvgIpc) is 2.74.